The fourth-order valence-electron chi connectivity index (χ4n) is 2.22. The minimum atomic E-state index is -1.65. The van der Waals surface area contributed by atoms with Crippen molar-refractivity contribution < 1.29 is 23.8 Å². The van der Waals surface area contributed by atoms with E-state index >= 15 is 0 Å². The Morgan fingerprint density at radius 1 is 1.40 bits per heavy atom. The first-order valence-electron chi connectivity index (χ1n) is 6.39. The molecule has 0 spiro atoms. The van der Waals surface area contributed by atoms with Gasteiger partial charge in [-0.1, -0.05) is 0 Å². The normalized spacial score (nSPS) is 15.8. The molecule has 5 nitrogen and oxygen atoms in total. The minimum absolute atomic E-state index is 0.275. The Morgan fingerprint density at radius 2 is 1.95 bits per heavy atom. The third kappa shape index (κ3) is 3.01. The van der Waals surface area contributed by atoms with Gasteiger partial charge in [-0.15, -0.1) is 0 Å². The predicted octanol–water partition coefficient (Wildman–Crippen LogP) is 2.14. The molecule has 2 rings (SSSR count). The lowest BCUT2D eigenvalue weighted by Gasteiger charge is -2.26. The summed E-state index contributed by atoms with van der Waals surface area (Å²) in [6.07, 6.45) is -0.275. The van der Waals surface area contributed by atoms with E-state index in [1.54, 1.807) is 12.1 Å². The zero-order chi connectivity index (χ0) is 14.9. The number of benzene rings is 1. The van der Waals surface area contributed by atoms with E-state index in [0.717, 1.165) is 0 Å². The van der Waals surface area contributed by atoms with Crippen LogP contribution in [0, 0.1) is 0 Å². The molecule has 1 aliphatic rings. The first kappa shape index (κ1) is 14.6. The Kier molecular flexibility index (Phi) is 3.85. The number of nitrogens with two attached hydrogens (primary N) is 1. The van der Waals surface area contributed by atoms with Gasteiger partial charge >= 0.3 is 5.97 Å². The number of hydrogen-bond acceptors (Lipinski definition) is 4. The zero-order valence-electron chi connectivity index (χ0n) is 11.5. The monoisotopic (exact) mass is 283 g/mol. The molecule has 1 aromatic carbocycles. The van der Waals surface area contributed by atoms with Gasteiger partial charge in [0, 0.05) is 6.04 Å². The van der Waals surface area contributed by atoms with E-state index in [1.165, 1.54) is 13.8 Å². The number of carbonyl (C=O) groups is 1. The molecule has 6 heteroatoms. The van der Waals surface area contributed by atoms with Gasteiger partial charge in [-0.05, 0) is 37.1 Å². The number of aliphatic carboxylic acids is 1. The zero-order valence-corrected chi connectivity index (χ0v) is 11.5. The van der Waals surface area contributed by atoms with Crippen LogP contribution >= 0.6 is 0 Å². The smallest absolute Gasteiger partial charge is 0.305 e. The van der Waals surface area contributed by atoms with Crippen LogP contribution in [-0.4, -0.2) is 24.3 Å². The van der Waals surface area contributed by atoms with Gasteiger partial charge in [0.15, 0.2) is 11.5 Å². The molecule has 0 fully saturated rings. The summed E-state index contributed by atoms with van der Waals surface area (Å²) in [5.74, 6) is -0.0988. The van der Waals surface area contributed by atoms with Crippen molar-refractivity contribution in [3.05, 3.63) is 23.3 Å². The second-order valence-corrected chi connectivity index (χ2v) is 5.26. The average Bonchev–Trinajstić information content (AvgIpc) is 2.35. The first-order valence-corrected chi connectivity index (χ1v) is 6.39. The van der Waals surface area contributed by atoms with Gasteiger partial charge in [0.2, 0.25) is 0 Å². The molecule has 1 aromatic rings. The third-order valence-corrected chi connectivity index (χ3v) is 3.15. The Hall–Kier alpha value is -1.82. The second-order valence-electron chi connectivity index (χ2n) is 5.26. The van der Waals surface area contributed by atoms with Crippen molar-refractivity contribution in [2.75, 3.05) is 13.2 Å². The van der Waals surface area contributed by atoms with Crippen LogP contribution in [0.4, 0.5) is 4.39 Å². The van der Waals surface area contributed by atoms with E-state index in [-0.39, 0.29) is 6.42 Å². The molecule has 110 valence electrons. The number of carboxylic acid groups (broad SMARTS) is 1. The van der Waals surface area contributed by atoms with Crippen LogP contribution < -0.4 is 15.2 Å². The summed E-state index contributed by atoms with van der Waals surface area (Å²) < 4.78 is 25.2. The van der Waals surface area contributed by atoms with Crippen molar-refractivity contribution in [3.63, 3.8) is 0 Å². The number of hydrogen-bond donors (Lipinski definition) is 2. The first-order chi connectivity index (χ1) is 9.29. The van der Waals surface area contributed by atoms with E-state index in [9.17, 15) is 9.18 Å². The van der Waals surface area contributed by atoms with Gasteiger partial charge in [0.05, 0.1) is 6.42 Å². The average molecular weight is 283 g/mol. The molecule has 0 saturated carbocycles. The summed E-state index contributed by atoms with van der Waals surface area (Å²) in [6.45, 7) is 3.60. The molecule has 0 radical (unpaired) electrons. The predicted molar refractivity (Wildman–Crippen MR) is 70.7 cm³/mol. The summed E-state index contributed by atoms with van der Waals surface area (Å²) >= 11 is 0. The molecule has 0 aromatic heterocycles. The Labute approximate surface area is 116 Å². The largest absolute Gasteiger partial charge is 0.486 e. The number of halogens is 1. The molecule has 1 aliphatic heterocycles. The molecule has 0 amide bonds. The maximum absolute atomic E-state index is 14.4. The highest BCUT2D eigenvalue weighted by Crippen LogP contribution is 2.40. The van der Waals surface area contributed by atoms with Crippen LogP contribution in [-0.2, 0) is 10.5 Å². The van der Waals surface area contributed by atoms with Crippen molar-refractivity contribution >= 4 is 5.97 Å². The number of rotatable bonds is 4. The lowest BCUT2D eigenvalue weighted by molar-refractivity contribution is -0.137. The van der Waals surface area contributed by atoms with Crippen molar-refractivity contribution in [1.82, 2.24) is 0 Å². The summed E-state index contributed by atoms with van der Waals surface area (Å²) in [4.78, 5) is 10.8. The van der Waals surface area contributed by atoms with E-state index in [0.29, 0.717) is 35.8 Å². The molecule has 3 N–H and O–H groups in total. The van der Waals surface area contributed by atoms with Crippen LogP contribution in [0.15, 0.2) is 12.1 Å². The topological polar surface area (TPSA) is 81.8 Å². The maximum atomic E-state index is 14.4. The van der Waals surface area contributed by atoms with Crippen LogP contribution in [0.1, 0.15) is 37.4 Å². The van der Waals surface area contributed by atoms with Crippen LogP contribution in [0.2, 0.25) is 0 Å². The number of fused-ring (bicyclic) bond motifs is 1. The molecule has 0 aliphatic carbocycles. The van der Waals surface area contributed by atoms with E-state index in [4.69, 9.17) is 20.3 Å². The fraction of sp³-hybridized carbons (Fsp3) is 0.500. The van der Waals surface area contributed by atoms with Gasteiger partial charge < -0.3 is 20.3 Å². The van der Waals surface area contributed by atoms with Crippen LogP contribution in [0.25, 0.3) is 0 Å². The Morgan fingerprint density at radius 3 is 2.45 bits per heavy atom. The van der Waals surface area contributed by atoms with E-state index < -0.39 is 17.7 Å². The Bertz CT molecular complexity index is 525. The van der Waals surface area contributed by atoms with Crippen molar-refractivity contribution in [1.29, 1.82) is 0 Å². The number of carboxylic acids is 1. The molecule has 1 heterocycles. The van der Waals surface area contributed by atoms with Gasteiger partial charge in [-0.2, -0.15) is 0 Å². The van der Waals surface area contributed by atoms with E-state index in [2.05, 4.69) is 0 Å². The molecule has 1 unspecified atom stereocenters. The highest BCUT2D eigenvalue weighted by Gasteiger charge is 2.29. The lowest BCUT2D eigenvalue weighted by Crippen LogP contribution is -2.23. The molecule has 20 heavy (non-hydrogen) atoms. The molecular weight excluding hydrogens is 265 g/mol. The fourth-order valence-corrected chi connectivity index (χ4v) is 2.22. The van der Waals surface area contributed by atoms with Crippen molar-refractivity contribution in [2.24, 2.45) is 5.73 Å². The van der Waals surface area contributed by atoms with Crippen LogP contribution in [0.3, 0.4) is 0 Å². The van der Waals surface area contributed by atoms with Gasteiger partial charge in [-0.25, -0.2) is 4.39 Å². The highest BCUT2D eigenvalue weighted by atomic mass is 19.1. The number of ether oxygens (including phenoxy) is 2. The van der Waals surface area contributed by atoms with E-state index in [1.807, 2.05) is 0 Å². The molecule has 0 bridgehead atoms. The molecule has 0 saturated heterocycles. The number of alkyl halides is 1. The highest BCUT2D eigenvalue weighted by molar-refractivity contribution is 5.68. The standard InChI is InChI=1S/C14H18FNO4/c1-14(2,15)9-6-12-11(19-3-4-20-12)5-8(9)10(16)7-13(17)18/h5-6,10H,3-4,7,16H2,1-2H3,(H,17,18). The second kappa shape index (κ2) is 5.28. The maximum Gasteiger partial charge on any atom is 0.305 e. The summed E-state index contributed by atoms with van der Waals surface area (Å²) in [6, 6.07) is 2.33. The van der Waals surface area contributed by atoms with Gasteiger partial charge in [-0.3, -0.25) is 4.79 Å². The lowest BCUT2D eigenvalue weighted by atomic mass is 9.89. The summed E-state index contributed by atoms with van der Waals surface area (Å²) in [5.41, 5.74) is 4.99. The SMILES string of the molecule is CC(C)(F)c1cc2c(cc1C(N)CC(=O)O)OCCO2. The van der Waals surface area contributed by atoms with Crippen LogP contribution in [0.5, 0.6) is 11.5 Å². The minimum Gasteiger partial charge on any atom is -0.486 e. The summed E-state index contributed by atoms with van der Waals surface area (Å²) in [7, 11) is 0. The molecule has 1 atom stereocenters. The quantitative estimate of drug-likeness (QED) is 0.884. The third-order valence-electron chi connectivity index (χ3n) is 3.15. The molecular formula is C14H18FNO4. The van der Waals surface area contributed by atoms with Gasteiger partial charge in [0.25, 0.3) is 0 Å². The Balaban J connectivity index is 2.49. The van der Waals surface area contributed by atoms with Crippen molar-refractivity contribution in [3.8, 4) is 11.5 Å². The van der Waals surface area contributed by atoms with Crippen molar-refractivity contribution in [2.45, 2.75) is 32.0 Å². The summed E-state index contributed by atoms with van der Waals surface area (Å²) in [5, 5.41) is 8.85. The van der Waals surface area contributed by atoms with Gasteiger partial charge in [0.1, 0.15) is 18.9 Å².